The molecule has 2 aromatic heterocycles. The van der Waals surface area contributed by atoms with Crippen molar-refractivity contribution in [2.24, 2.45) is 0 Å². The Bertz CT molecular complexity index is 1040. The molecule has 0 amide bonds. The SMILES string of the molecule is Cc1ccc(C2CCc3c(cnn(-c4cccc(Cl)n4)c3=O)C2)c(C)c1. The van der Waals surface area contributed by atoms with Crippen LogP contribution in [0.2, 0.25) is 5.15 Å². The lowest BCUT2D eigenvalue weighted by atomic mass is 9.79. The van der Waals surface area contributed by atoms with E-state index < -0.39 is 0 Å². The maximum Gasteiger partial charge on any atom is 0.276 e. The second kappa shape index (κ2) is 6.69. The lowest BCUT2D eigenvalue weighted by Crippen LogP contribution is -2.30. The fraction of sp³-hybridized carbons (Fsp3) is 0.286. The highest BCUT2D eigenvalue weighted by molar-refractivity contribution is 6.29. The predicted molar refractivity (Wildman–Crippen MR) is 103 cm³/mol. The van der Waals surface area contributed by atoms with Gasteiger partial charge in [-0.15, -0.1) is 0 Å². The lowest BCUT2D eigenvalue weighted by molar-refractivity contribution is 0.565. The van der Waals surface area contributed by atoms with Gasteiger partial charge in [0.15, 0.2) is 5.82 Å². The van der Waals surface area contributed by atoms with Crippen LogP contribution in [0.5, 0.6) is 0 Å². The van der Waals surface area contributed by atoms with E-state index in [0.29, 0.717) is 16.9 Å². The largest absolute Gasteiger partial charge is 0.276 e. The molecule has 5 heteroatoms. The molecule has 0 bridgehead atoms. The Morgan fingerprint density at radius 3 is 2.81 bits per heavy atom. The monoisotopic (exact) mass is 365 g/mol. The first-order chi connectivity index (χ1) is 12.5. The first-order valence-corrected chi connectivity index (χ1v) is 9.21. The molecular weight excluding hydrogens is 346 g/mol. The van der Waals surface area contributed by atoms with Crippen LogP contribution in [0.25, 0.3) is 5.82 Å². The van der Waals surface area contributed by atoms with Crippen molar-refractivity contribution in [1.29, 1.82) is 0 Å². The number of nitrogens with zero attached hydrogens (tertiary/aromatic N) is 3. The van der Waals surface area contributed by atoms with Crippen LogP contribution >= 0.6 is 11.6 Å². The summed E-state index contributed by atoms with van der Waals surface area (Å²) in [7, 11) is 0. The van der Waals surface area contributed by atoms with Crippen LogP contribution in [-0.4, -0.2) is 14.8 Å². The minimum Gasteiger partial charge on any atom is -0.267 e. The summed E-state index contributed by atoms with van der Waals surface area (Å²) in [5, 5.41) is 4.70. The highest BCUT2D eigenvalue weighted by atomic mass is 35.5. The molecule has 1 aromatic carbocycles. The van der Waals surface area contributed by atoms with E-state index in [1.165, 1.54) is 21.4 Å². The predicted octanol–water partition coefficient (Wildman–Crippen LogP) is 4.17. The number of hydrogen-bond donors (Lipinski definition) is 0. The van der Waals surface area contributed by atoms with E-state index >= 15 is 0 Å². The smallest absolute Gasteiger partial charge is 0.267 e. The van der Waals surface area contributed by atoms with Crippen molar-refractivity contribution in [1.82, 2.24) is 14.8 Å². The van der Waals surface area contributed by atoms with Gasteiger partial charge in [-0.2, -0.15) is 9.78 Å². The van der Waals surface area contributed by atoms with E-state index in [0.717, 1.165) is 30.4 Å². The molecule has 1 aliphatic rings. The van der Waals surface area contributed by atoms with Gasteiger partial charge in [0.05, 0.1) is 6.20 Å². The molecule has 2 heterocycles. The van der Waals surface area contributed by atoms with Gasteiger partial charge in [-0.3, -0.25) is 4.79 Å². The lowest BCUT2D eigenvalue weighted by Gasteiger charge is -2.26. The van der Waals surface area contributed by atoms with Gasteiger partial charge in [0.2, 0.25) is 0 Å². The first kappa shape index (κ1) is 17.0. The van der Waals surface area contributed by atoms with Crippen molar-refractivity contribution in [3.05, 3.63) is 85.9 Å². The van der Waals surface area contributed by atoms with E-state index in [4.69, 9.17) is 11.6 Å². The van der Waals surface area contributed by atoms with Crippen molar-refractivity contribution < 1.29 is 0 Å². The van der Waals surface area contributed by atoms with E-state index in [9.17, 15) is 4.79 Å². The van der Waals surface area contributed by atoms with Crippen molar-refractivity contribution in [3.63, 3.8) is 0 Å². The molecule has 132 valence electrons. The number of aryl methyl sites for hydroxylation is 2. The summed E-state index contributed by atoms with van der Waals surface area (Å²) in [6.45, 7) is 4.28. The molecule has 0 radical (unpaired) electrons. The zero-order chi connectivity index (χ0) is 18.3. The first-order valence-electron chi connectivity index (χ1n) is 8.83. The molecular formula is C21H20ClN3O. The summed E-state index contributed by atoms with van der Waals surface area (Å²) in [6.07, 6.45) is 4.40. The van der Waals surface area contributed by atoms with Gasteiger partial charge in [-0.05, 0) is 67.9 Å². The third-order valence-corrected chi connectivity index (χ3v) is 5.37. The molecule has 0 N–H and O–H groups in total. The molecule has 1 aliphatic carbocycles. The van der Waals surface area contributed by atoms with Crippen molar-refractivity contribution in [2.75, 3.05) is 0 Å². The molecule has 0 saturated carbocycles. The second-order valence-corrected chi connectivity index (χ2v) is 7.37. The third kappa shape index (κ3) is 3.06. The van der Waals surface area contributed by atoms with Crippen LogP contribution in [0.3, 0.4) is 0 Å². The zero-order valence-corrected chi connectivity index (χ0v) is 15.6. The van der Waals surface area contributed by atoms with Gasteiger partial charge < -0.3 is 0 Å². The fourth-order valence-electron chi connectivity index (χ4n) is 3.88. The average Bonchev–Trinajstić information content (AvgIpc) is 2.62. The average molecular weight is 366 g/mol. The Morgan fingerprint density at radius 2 is 2.04 bits per heavy atom. The Labute approximate surface area is 157 Å². The van der Waals surface area contributed by atoms with Crippen LogP contribution in [-0.2, 0) is 12.8 Å². The molecule has 0 fully saturated rings. The van der Waals surface area contributed by atoms with Gasteiger partial charge in [0.1, 0.15) is 5.15 Å². The molecule has 0 saturated heterocycles. The van der Waals surface area contributed by atoms with Crippen LogP contribution < -0.4 is 5.56 Å². The number of hydrogen-bond acceptors (Lipinski definition) is 3. The summed E-state index contributed by atoms with van der Waals surface area (Å²) >= 11 is 5.95. The van der Waals surface area contributed by atoms with Crippen LogP contribution in [0.4, 0.5) is 0 Å². The summed E-state index contributed by atoms with van der Waals surface area (Å²) in [6, 6.07) is 11.8. The van der Waals surface area contributed by atoms with Crippen LogP contribution in [0.1, 0.15) is 40.2 Å². The molecule has 1 unspecified atom stereocenters. The van der Waals surface area contributed by atoms with Gasteiger partial charge in [-0.1, -0.05) is 41.4 Å². The highest BCUT2D eigenvalue weighted by Gasteiger charge is 2.24. The number of halogens is 1. The van der Waals surface area contributed by atoms with Crippen LogP contribution in [0, 0.1) is 13.8 Å². The van der Waals surface area contributed by atoms with Crippen molar-refractivity contribution in [3.8, 4) is 5.82 Å². The molecule has 26 heavy (non-hydrogen) atoms. The molecule has 1 atom stereocenters. The summed E-state index contributed by atoms with van der Waals surface area (Å²) in [5.41, 5.74) is 5.79. The van der Waals surface area contributed by atoms with Crippen molar-refractivity contribution in [2.45, 2.75) is 39.0 Å². The van der Waals surface area contributed by atoms with Gasteiger partial charge >= 0.3 is 0 Å². The topological polar surface area (TPSA) is 47.8 Å². The number of benzene rings is 1. The zero-order valence-electron chi connectivity index (χ0n) is 14.9. The van der Waals surface area contributed by atoms with Crippen LogP contribution in [0.15, 0.2) is 47.4 Å². The maximum absolute atomic E-state index is 12.9. The summed E-state index contributed by atoms with van der Waals surface area (Å²) in [5.74, 6) is 0.895. The Morgan fingerprint density at radius 1 is 1.19 bits per heavy atom. The van der Waals surface area contributed by atoms with E-state index in [1.54, 1.807) is 18.2 Å². The minimum atomic E-state index is -0.0867. The van der Waals surface area contributed by atoms with Gasteiger partial charge in [-0.25, -0.2) is 4.98 Å². The second-order valence-electron chi connectivity index (χ2n) is 6.98. The van der Waals surface area contributed by atoms with Gasteiger partial charge in [0.25, 0.3) is 5.56 Å². The number of fused-ring (bicyclic) bond motifs is 1. The molecule has 0 spiro atoms. The Kier molecular flexibility index (Phi) is 4.37. The Hall–Kier alpha value is -2.46. The number of rotatable bonds is 2. The summed E-state index contributed by atoms with van der Waals surface area (Å²) in [4.78, 5) is 17.1. The summed E-state index contributed by atoms with van der Waals surface area (Å²) < 4.78 is 1.35. The fourth-order valence-corrected chi connectivity index (χ4v) is 4.04. The molecule has 4 nitrogen and oxygen atoms in total. The minimum absolute atomic E-state index is 0.0867. The highest BCUT2D eigenvalue weighted by Crippen LogP contribution is 2.33. The standard InChI is InChI=1S/C21H20ClN3O/c1-13-6-8-17(14(2)10-13)15-7-9-18-16(11-15)12-23-25(21(18)26)20-5-3-4-19(22)24-20/h3-6,8,10,12,15H,7,9,11H2,1-2H3. The number of aromatic nitrogens is 3. The van der Waals surface area contributed by atoms with E-state index in [2.05, 4.69) is 42.1 Å². The quantitative estimate of drug-likeness (QED) is 0.640. The molecule has 3 aromatic rings. The normalized spacial score (nSPS) is 16.3. The molecule has 0 aliphatic heterocycles. The van der Waals surface area contributed by atoms with E-state index in [-0.39, 0.29) is 5.56 Å². The van der Waals surface area contributed by atoms with Crippen molar-refractivity contribution >= 4 is 11.6 Å². The third-order valence-electron chi connectivity index (χ3n) is 5.16. The van der Waals surface area contributed by atoms with E-state index in [1.807, 2.05) is 6.20 Å². The van der Waals surface area contributed by atoms with Gasteiger partial charge in [0, 0.05) is 5.56 Å². The number of pyridine rings is 1. The maximum atomic E-state index is 12.9. The Balaban J connectivity index is 1.69. The molecule has 4 rings (SSSR count).